The van der Waals surface area contributed by atoms with Crippen LogP contribution in [0.25, 0.3) is 10.8 Å². The van der Waals surface area contributed by atoms with Crippen molar-refractivity contribution in [2.45, 2.75) is 11.8 Å². The molecule has 0 saturated heterocycles. The molecule has 0 saturated carbocycles. The van der Waals surface area contributed by atoms with Gasteiger partial charge in [-0.1, -0.05) is 24.3 Å². The van der Waals surface area contributed by atoms with E-state index in [0.29, 0.717) is 36.2 Å². The highest BCUT2D eigenvalue weighted by molar-refractivity contribution is 7.89. The van der Waals surface area contributed by atoms with Crippen molar-refractivity contribution in [3.05, 3.63) is 36.4 Å². The van der Waals surface area contributed by atoms with Gasteiger partial charge in [-0.3, -0.25) is 4.79 Å². The van der Waals surface area contributed by atoms with Crippen molar-refractivity contribution < 1.29 is 17.9 Å². The Bertz CT molecular complexity index is 843. The molecule has 2 aromatic rings. The van der Waals surface area contributed by atoms with Gasteiger partial charge >= 0.3 is 0 Å². The third-order valence-corrected chi connectivity index (χ3v) is 5.08. The van der Waals surface area contributed by atoms with Crippen LogP contribution >= 0.6 is 12.4 Å². The zero-order valence-electron chi connectivity index (χ0n) is 14.7. The van der Waals surface area contributed by atoms with Crippen molar-refractivity contribution in [1.82, 2.24) is 10.0 Å². The molecule has 0 aromatic heterocycles. The minimum Gasteiger partial charge on any atom is -0.383 e. The Balaban J connectivity index is 0.00000338. The van der Waals surface area contributed by atoms with Gasteiger partial charge in [-0.25, -0.2) is 13.1 Å². The standard InChI is InChI=1S/C17H23N3O4S.ClH/c1-13(21)20-16-7-8-17(15-6-4-3-5-14(15)16)25(22,23)19-10-9-18-11-12-24-2;/h3-8,18-19H,9-12H2,1-2H3,(H,20,21);1H. The first kappa shape index (κ1) is 22.3. The molecule has 0 radical (unpaired) electrons. The molecule has 9 heteroatoms. The Morgan fingerprint density at radius 1 is 1.04 bits per heavy atom. The number of fused-ring (bicyclic) bond motifs is 1. The molecule has 0 aliphatic heterocycles. The van der Waals surface area contributed by atoms with Gasteiger partial charge in [0.15, 0.2) is 0 Å². The maximum Gasteiger partial charge on any atom is 0.241 e. The van der Waals surface area contributed by atoms with Crippen molar-refractivity contribution in [2.24, 2.45) is 0 Å². The number of carbonyl (C=O) groups is 1. The molecular weight excluding hydrogens is 378 g/mol. The lowest BCUT2D eigenvalue weighted by Gasteiger charge is -2.13. The maximum atomic E-state index is 12.6. The molecule has 1 amide bonds. The second-order valence-electron chi connectivity index (χ2n) is 5.48. The minimum absolute atomic E-state index is 0. The summed E-state index contributed by atoms with van der Waals surface area (Å²) >= 11 is 0. The quantitative estimate of drug-likeness (QED) is 0.556. The third kappa shape index (κ3) is 5.93. The summed E-state index contributed by atoms with van der Waals surface area (Å²) in [5.74, 6) is -0.207. The van der Waals surface area contributed by atoms with Gasteiger partial charge in [-0.2, -0.15) is 0 Å². The Morgan fingerprint density at radius 2 is 1.73 bits per heavy atom. The number of halogens is 1. The maximum absolute atomic E-state index is 12.6. The smallest absolute Gasteiger partial charge is 0.241 e. The van der Waals surface area contributed by atoms with Crippen LogP contribution in [0.3, 0.4) is 0 Å². The van der Waals surface area contributed by atoms with Gasteiger partial charge < -0.3 is 15.4 Å². The minimum atomic E-state index is -3.66. The van der Waals surface area contributed by atoms with Crippen LogP contribution in [0.2, 0.25) is 0 Å². The normalized spacial score (nSPS) is 11.2. The summed E-state index contributed by atoms with van der Waals surface area (Å²) in [6.45, 7) is 3.42. The molecule has 144 valence electrons. The van der Waals surface area contributed by atoms with Gasteiger partial charge in [0.25, 0.3) is 0 Å². The zero-order valence-corrected chi connectivity index (χ0v) is 16.4. The van der Waals surface area contributed by atoms with Crippen molar-refractivity contribution in [2.75, 3.05) is 38.7 Å². The summed E-state index contributed by atoms with van der Waals surface area (Å²) in [5, 5.41) is 7.04. The summed E-state index contributed by atoms with van der Waals surface area (Å²) in [4.78, 5) is 11.5. The van der Waals surface area contributed by atoms with E-state index in [-0.39, 0.29) is 29.8 Å². The molecule has 0 aliphatic rings. The molecule has 2 aromatic carbocycles. The van der Waals surface area contributed by atoms with Crippen LogP contribution in [0.5, 0.6) is 0 Å². The number of benzene rings is 2. The molecule has 0 atom stereocenters. The first-order chi connectivity index (χ1) is 12.0. The van der Waals surface area contributed by atoms with E-state index < -0.39 is 10.0 Å². The third-order valence-electron chi connectivity index (χ3n) is 3.56. The molecule has 0 heterocycles. The first-order valence-corrected chi connectivity index (χ1v) is 9.42. The summed E-state index contributed by atoms with van der Waals surface area (Å²) in [7, 11) is -2.05. The molecule has 26 heavy (non-hydrogen) atoms. The van der Waals surface area contributed by atoms with E-state index >= 15 is 0 Å². The van der Waals surface area contributed by atoms with Crippen molar-refractivity contribution >= 4 is 44.8 Å². The molecule has 7 nitrogen and oxygen atoms in total. The van der Waals surface area contributed by atoms with Crippen molar-refractivity contribution in [3.8, 4) is 0 Å². The lowest BCUT2D eigenvalue weighted by molar-refractivity contribution is -0.114. The fourth-order valence-corrected chi connectivity index (χ4v) is 3.70. The second kappa shape index (κ2) is 10.4. The number of anilines is 1. The topological polar surface area (TPSA) is 96.5 Å². The number of carbonyl (C=O) groups excluding carboxylic acids is 1. The highest BCUT2D eigenvalue weighted by atomic mass is 35.5. The number of hydrogen-bond donors (Lipinski definition) is 3. The van der Waals surface area contributed by atoms with Crippen LogP contribution in [0.15, 0.2) is 41.3 Å². The highest BCUT2D eigenvalue weighted by Crippen LogP contribution is 2.29. The fraction of sp³-hybridized carbons (Fsp3) is 0.353. The van der Waals surface area contributed by atoms with Crippen LogP contribution in [0.4, 0.5) is 5.69 Å². The predicted molar refractivity (Wildman–Crippen MR) is 105 cm³/mol. The van der Waals surface area contributed by atoms with Crippen molar-refractivity contribution in [1.29, 1.82) is 0 Å². The van der Waals surface area contributed by atoms with Crippen LogP contribution in [-0.2, 0) is 19.6 Å². The van der Waals surface area contributed by atoms with Crippen molar-refractivity contribution in [3.63, 3.8) is 0 Å². The van der Waals surface area contributed by atoms with Gasteiger partial charge in [0.2, 0.25) is 15.9 Å². The largest absolute Gasteiger partial charge is 0.383 e. The Kier molecular flexibility index (Phi) is 8.97. The van der Waals surface area contributed by atoms with E-state index in [4.69, 9.17) is 4.74 Å². The number of sulfonamides is 1. The second-order valence-corrected chi connectivity index (χ2v) is 7.21. The van der Waals surface area contributed by atoms with Crippen LogP contribution in [0, 0.1) is 0 Å². The summed E-state index contributed by atoms with van der Waals surface area (Å²) < 4.78 is 32.7. The number of methoxy groups -OCH3 is 1. The summed E-state index contributed by atoms with van der Waals surface area (Å²) in [6, 6.07) is 10.2. The first-order valence-electron chi connectivity index (χ1n) is 7.94. The Morgan fingerprint density at radius 3 is 2.38 bits per heavy atom. The average molecular weight is 402 g/mol. The lowest BCUT2D eigenvalue weighted by atomic mass is 10.1. The number of rotatable bonds is 9. The van der Waals surface area contributed by atoms with E-state index in [2.05, 4.69) is 15.4 Å². The predicted octanol–water partition coefficient (Wildman–Crippen LogP) is 1.73. The molecule has 3 N–H and O–H groups in total. The van der Waals surface area contributed by atoms with E-state index in [1.165, 1.54) is 13.0 Å². The zero-order chi connectivity index (χ0) is 18.3. The van der Waals surface area contributed by atoms with Gasteiger partial charge in [-0.05, 0) is 12.1 Å². The summed E-state index contributed by atoms with van der Waals surface area (Å²) in [6.07, 6.45) is 0. The molecule has 0 fully saturated rings. The Hall–Kier alpha value is -1.71. The fourth-order valence-electron chi connectivity index (χ4n) is 2.46. The van der Waals surface area contributed by atoms with E-state index in [1.54, 1.807) is 37.4 Å². The van der Waals surface area contributed by atoms with Crippen LogP contribution in [0.1, 0.15) is 6.92 Å². The number of ether oxygens (including phenoxy) is 1. The monoisotopic (exact) mass is 401 g/mol. The SMILES string of the molecule is COCCNCCNS(=O)(=O)c1ccc(NC(C)=O)c2ccccc12.Cl. The molecule has 0 aliphatic carbocycles. The van der Waals surface area contributed by atoms with Crippen LogP contribution < -0.4 is 15.4 Å². The van der Waals surface area contributed by atoms with Gasteiger partial charge in [-0.15, -0.1) is 12.4 Å². The van der Waals surface area contributed by atoms with E-state index in [1.807, 2.05) is 0 Å². The van der Waals surface area contributed by atoms with Crippen LogP contribution in [-0.4, -0.2) is 47.7 Å². The summed E-state index contributed by atoms with van der Waals surface area (Å²) in [5.41, 5.74) is 0.586. The Labute approximate surface area is 160 Å². The molecule has 0 spiro atoms. The number of nitrogens with one attached hydrogen (secondary N) is 3. The molecular formula is C17H24ClN3O4S. The lowest BCUT2D eigenvalue weighted by Crippen LogP contribution is -2.33. The highest BCUT2D eigenvalue weighted by Gasteiger charge is 2.18. The van der Waals surface area contributed by atoms with Gasteiger partial charge in [0.1, 0.15) is 0 Å². The number of amides is 1. The molecule has 0 bridgehead atoms. The van der Waals surface area contributed by atoms with Gasteiger partial charge in [0.05, 0.1) is 11.5 Å². The van der Waals surface area contributed by atoms with Gasteiger partial charge in [0, 0.05) is 50.1 Å². The molecule has 0 unspecified atom stereocenters. The number of hydrogen-bond acceptors (Lipinski definition) is 5. The molecule has 2 rings (SSSR count). The average Bonchev–Trinajstić information content (AvgIpc) is 2.57. The van der Waals surface area contributed by atoms with E-state index in [0.717, 1.165) is 0 Å². The van der Waals surface area contributed by atoms with E-state index in [9.17, 15) is 13.2 Å².